The van der Waals surface area contributed by atoms with E-state index in [0.29, 0.717) is 27.3 Å². The number of benzene rings is 2. The Kier molecular flexibility index (Phi) is 8.60. The molecule has 3 aromatic rings. The Labute approximate surface area is 203 Å². The van der Waals surface area contributed by atoms with Gasteiger partial charge in [-0.15, -0.1) is 10.2 Å². The predicted molar refractivity (Wildman–Crippen MR) is 130 cm³/mol. The molecule has 2 unspecified atom stereocenters. The highest BCUT2D eigenvalue weighted by molar-refractivity contribution is 9.10. The first kappa shape index (κ1) is 24.2. The highest BCUT2D eigenvalue weighted by atomic mass is 79.9. The first-order valence-electron chi connectivity index (χ1n) is 9.93. The molecule has 168 valence electrons. The van der Waals surface area contributed by atoms with E-state index in [-0.39, 0.29) is 18.4 Å². The fourth-order valence-electron chi connectivity index (χ4n) is 2.76. The zero-order valence-electron chi connectivity index (χ0n) is 17.5. The van der Waals surface area contributed by atoms with Crippen molar-refractivity contribution in [2.24, 2.45) is 5.92 Å². The largest absolute Gasteiger partial charge is 0.484 e. The second-order valence-corrected chi connectivity index (χ2v) is 9.41. The van der Waals surface area contributed by atoms with E-state index < -0.39 is 11.9 Å². The molecule has 2 atom stereocenters. The van der Waals surface area contributed by atoms with Gasteiger partial charge in [0.1, 0.15) is 16.8 Å². The van der Waals surface area contributed by atoms with Crippen LogP contribution in [0.1, 0.15) is 20.3 Å². The average molecular weight is 538 g/mol. The average Bonchev–Trinajstić information content (AvgIpc) is 3.25. The Morgan fingerprint density at radius 2 is 1.81 bits per heavy atom. The fourth-order valence-corrected chi connectivity index (χ4v) is 3.91. The molecule has 0 spiro atoms. The van der Waals surface area contributed by atoms with Gasteiger partial charge in [0.15, 0.2) is 6.61 Å². The fraction of sp³-hybridized carbons (Fsp3) is 0.273. The van der Waals surface area contributed by atoms with Gasteiger partial charge in [0.05, 0.1) is 0 Å². The SMILES string of the molecule is CCC(C)C(NC(=O)COc1ccc(Cl)cc1)C(=O)Nc1nnc(-c2ccc(Br)cc2)s1. The van der Waals surface area contributed by atoms with Crippen molar-refractivity contribution in [1.29, 1.82) is 0 Å². The highest BCUT2D eigenvalue weighted by Crippen LogP contribution is 2.27. The second-order valence-electron chi connectivity index (χ2n) is 7.08. The lowest BCUT2D eigenvalue weighted by Gasteiger charge is -2.23. The smallest absolute Gasteiger partial charge is 0.258 e. The van der Waals surface area contributed by atoms with E-state index in [9.17, 15) is 9.59 Å². The minimum atomic E-state index is -0.735. The second kappa shape index (κ2) is 11.4. The van der Waals surface area contributed by atoms with Crippen LogP contribution >= 0.6 is 38.9 Å². The molecule has 0 bridgehead atoms. The van der Waals surface area contributed by atoms with Gasteiger partial charge < -0.3 is 10.1 Å². The van der Waals surface area contributed by atoms with Crippen LogP contribution in [0.25, 0.3) is 10.6 Å². The van der Waals surface area contributed by atoms with Crippen molar-refractivity contribution >= 4 is 55.8 Å². The van der Waals surface area contributed by atoms with Gasteiger partial charge in [-0.1, -0.05) is 71.3 Å². The molecule has 2 aromatic carbocycles. The van der Waals surface area contributed by atoms with E-state index in [4.69, 9.17) is 16.3 Å². The number of carbonyl (C=O) groups excluding carboxylic acids is 2. The number of nitrogens with one attached hydrogen (secondary N) is 2. The minimum Gasteiger partial charge on any atom is -0.484 e. The molecule has 1 aromatic heterocycles. The van der Waals surface area contributed by atoms with Crippen LogP contribution in [-0.4, -0.2) is 34.7 Å². The van der Waals surface area contributed by atoms with Crippen molar-refractivity contribution in [1.82, 2.24) is 15.5 Å². The highest BCUT2D eigenvalue weighted by Gasteiger charge is 2.27. The normalized spacial score (nSPS) is 12.6. The van der Waals surface area contributed by atoms with Crippen molar-refractivity contribution < 1.29 is 14.3 Å². The molecular weight excluding hydrogens is 516 g/mol. The third-order valence-corrected chi connectivity index (χ3v) is 6.41. The molecule has 0 fully saturated rings. The maximum absolute atomic E-state index is 12.9. The number of amides is 2. The van der Waals surface area contributed by atoms with E-state index >= 15 is 0 Å². The number of hydrogen-bond acceptors (Lipinski definition) is 6. The summed E-state index contributed by atoms with van der Waals surface area (Å²) in [6, 6.07) is 13.6. The monoisotopic (exact) mass is 536 g/mol. The van der Waals surface area contributed by atoms with E-state index in [1.165, 1.54) is 11.3 Å². The van der Waals surface area contributed by atoms with Gasteiger partial charge in [0, 0.05) is 15.1 Å². The number of carbonyl (C=O) groups is 2. The van der Waals surface area contributed by atoms with Crippen LogP contribution in [-0.2, 0) is 9.59 Å². The lowest BCUT2D eigenvalue weighted by atomic mass is 9.98. The van der Waals surface area contributed by atoms with Crippen LogP contribution in [0.3, 0.4) is 0 Å². The molecule has 7 nitrogen and oxygen atoms in total. The standard InChI is InChI=1S/C22H22BrClN4O3S/c1-3-13(2)19(25-18(29)12-31-17-10-8-16(24)9-11-17)20(30)26-22-28-27-21(32-22)14-4-6-15(23)7-5-14/h4-11,13,19H,3,12H2,1-2H3,(H,25,29)(H,26,28,30). The number of nitrogens with zero attached hydrogens (tertiary/aromatic N) is 2. The molecule has 0 aliphatic rings. The molecule has 0 saturated heterocycles. The summed E-state index contributed by atoms with van der Waals surface area (Å²) >= 11 is 10.5. The molecule has 0 aliphatic heterocycles. The van der Waals surface area contributed by atoms with Crippen LogP contribution in [0.5, 0.6) is 5.75 Å². The van der Waals surface area contributed by atoms with Crippen molar-refractivity contribution in [2.45, 2.75) is 26.3 Å². The number of rotatable bonds is 9. The van der Waals surface area contributed by atoms with E-state index in [2.05, 4.69) is 36.8 Å². The Bertz CT molecular complexity index is 1060. The molecule has 1 heterocycles. The maximum Gasteiger partial charge on any atom is 0.258 e. The molecule has 3 rings (SSSR count). The van der Waals surface area contributed by atoms with Gasteiger partial charge >= 0.3 is 0 Å². The molecule has 0 saturated carbocycles. The first-order valence-corrected chi connectivity index (χ1v) is 11.9. The van der Waals surface area contributed by atoms with Gasteiger partial charge in [-0.25, -0.2) is 0 Å². The number of aromatic nitrogens is 2. The topological polar surface area (TPSA) is 93.2 Å². The lowest BCUT2D eigenvalue weighted by molar-refractivity contribution is -0.128. The van der Waals surface area contributed by atoms with Gasteiger partial charge in [0.25, 0.3) is 5.91 Å². The summed E-state index contributed by atoms with van der Waals surface area (Å²) in [6.45, 7) is 3.64. The Balaban J connectivity index is 1.61. The van der Waals surface area contributed by atoms with E-state index in [1.54, 1.807) is 24.3 Å². The molecule has 2 N–H and O–H groups in total. The van der Waals surface area contributed by atoms with Gasteiger partial charge in [0.2, 0.25) is 11.0 Å². The van der Waals surface area contributed by atoms with Crippen molar-refractivity contribution in [3.63, 3.8) is 0 Å². The van der Waals surface area contributed by atoms with Crippen molar-refractivity contribution in [3.05, 3.63) is 58.0 Å². The minimum absolute atomic E-state index is 0.0895. The number of halogens is 2. The van der Waals surface area contributed by atoms with Crippen molar-refractivity contribution in [2.75, 3.05) is 11.9 Å². The summed E-state index contributed by atoms with van der Waals surface area (Å²) in [6.07, 6.45) is 0.705. The number of ether oxygens (including phenoxy) is 1. The van der Waals surface area contributed by atoms with Crippen LogP contribution in [0.15, 0.2) is 53.0 Å². The third-order valence-electron chi connectivity index (χ3n) is 4.74. The van der Waals surface area contributed by atoms with Crippen molar-refractivity contribution in [3.8, 4) is 16.3 Å². The zero-order valence-corrected chi connectivity index (χ0v) is 20.6. The molecule has 0 radical (unpaired) electrons. The zero-order chi connectivity index (χ0) is 23.1. The summed E-state index contributed by atoms with van der Waals surface area (Å²) in [4.78, 5) is 25.3. The molecule has 32 heavy (non-hydrogen) atoms. The molecule has 2 amide bonds. The maximum atomic E-state index is 12.9. The van der Waals surface area contributed by atoms with Crippen LogP contribution in [0.2, 0.25) is 5.02 Å². The van der Waals surface area contributed by atoms with E-state index in [0.717, 1.165) is 10.0 Å². The van der Waals surface area contributed by atoms with Gasteiger partial charge in [-0.3, -0.25) is 14.9 Å². The van der Waals surface area contributed by atoms with E-state index in [1.807, 2.05) is 38.1 Å². The summed E-state index contributed by atoms with van der Waals surface area (Å²) in [5, 5.41) is 15.4. The molecule has 0 aliphatic carbocycles. The summed E-state index contributed by atoms with van der Waals surface area (Å²) in [5.41, 5.74) is 0.900. The Morgan fingerprint density at radius 1 is 1.12 bits per heavy atom. The number of anilines is 1. The first-order chi connectivity index (χ1) is 15.4. The van der Waals surface area contributed by atoms with Gasteiger partial charge in [-0.05, 0) is 42.3 Å². The van der Waals surface area contributed by atoms with Crippen LogP contribution < -0.4 is 15.4 Å². The Morgan fingerprint density at radius 3 is 2.47 bits per heavy atom. The molecular formula is C22H22BrClN4O3S. The molecule has 10 heteroatoms. The summed E-state index contributed by atoms with van der Waals surface area (Å²) in [5.74, 6) is -0.317. The quantitative estimate of drug-likeness (QED) is 0.393. The Hall–Kier alpha value is -2.49. The lowest BCUT2D eigenvalue weighted by Crippen LogP contribution is -2.49. The van der Waals surface area contributed by atoms with Crippen LogP contribution in [0, 0.1) is 5.92 Å². The van der Waals surface area contributed by atoms with Crippen LogP contribution in [0.4, 0.5) is 5.13 Å². The number of hydrogen-bond donors (Lipinski definition) is 2. The van der Waals surface area contributed by atoms with Gasteiger partial charge in [-0.2, -0.15) is 0 Å². The predicted octanol–water partition coefficient (Wildman–Crippen LogP) is 5.17. The third kappa shape index (κ3) is 6.75. The summed E-state index contributed by atoms with van der Waals surface area (Å²) < 4.78 is 6.43. The summed E-state index contributed by atoms with van der Waals surface area (Å²) in [7, 11) is 0.